The van der Waals surface area contributed by atoms with Crippen LogP contribution in [0.1, 0.15) is 31.4 Å². The molecule has 0 unspecified atom stereocenters. The minimum Gasteiger partial charge on any atom is -0.309 e. The summed E-state index contributed by atoms with van der Waals surface area (Å²) in [5, 5.41) is 7.09. The zero-order chi connectivity index (χ0) is 18.3. The number of fused-ring (bicyclic) bond motifs is 1. The van der Waals surface area contributed by atoms with E-state index >= 15 is 0 Å². The summed E-state index contributed by atoms with van der Waals surface area (Å²) in [4.78, 5) is 16.6. The van der Waals surface area contributed by atoms with Crippen LogP contribution in [0.5, 0.6) is 0 Å². The van der Waals surface area contributed by atoms with Crippen LogP contribution in [-0.4, -0.2) is 36.5 Å². The number of anilines is 1. The standard InChI is InChI=1S/C17H19N5O3S/c1-11(12-6-7-12)22-15(8-9-19-22)20-16(23)10-18-17-13-4-2-3-5-14(13)26(24,25)21-17/h2-5,8-9,11-12H,6-7,10H2,1H3,(H,18,21)(H,20,23)/t11-/m0/s1. The predicted octanol–water partition coefficient (Wildman–Crippen LogP) is 1.53. The molecule has 8 nitrogen and oxygen atoms in total. The number of aromatic nitrogens is 2. The van der Waals surface area contributed by atoms with Gasteiger partial charge in [-0.05, 0) is 37.8 Å². The Kier molecular flexibility index (Phi) is 4.03. The lowest BCUT2D eigenvalue weighted by atomic mass is 10.2. The summed E-state index contributed by atoms with van der Waals surface area (Å²) in [5.74, 6) is 1.10. The van der Waals surface area contributed by atoms with Gasteiger partial charge in [-0.3, -0.25) is 14.5 Å². The summed E-state index contributed by atoms with van der Waals surface area (Å²) in [7, 11) is -3.60. The van der Waals surface area contributed by atoms with E-state index in [2.05, 4.69) is 27.1 Å². The molecule has 2 aliphatic rings. The number of aliphatic imine (C=N–C) groups is 1. The van der Waals surface area contributed by atoms with Crippen LogP contribution in [0.15, 0.2) is 46.4 Å². The quantitative estimate of drug-likeness (QED) is 0.829. The van der Waals surface area contributed by atoms with E-state index in [4.69, 9.17) is 0 Å². The van der Waals surface area contributed by atoms with Crippen LogP contribution in [0.25, 0.3) is 0 Å². The molecular weight excluding hydrogens is 354 g/mol. The van der Waals surface area contributed by atoms with Crippen LogP contribution >= 0.6 is 0 Å². The molecule has 2 aromatic rings. The van der Waals surface area contributed by atoms with Crippen LogP contribution in [-0.2, 0) is 14.8 Å². The van der Waals surface area contributed by atoms with E-state index in [0.29, 0.717) is 17.3 Å². The van der Waals surface area contributed by atoms with Gasteiger partial charge in [-0.25, -0.2) is 13.1 Å². The van der Waals surface area contributed by atoms with Crippen LogP contribution < -0.4 is 10.0 Å². The molecule has 1 aliphatic heterocycles. The van der Waals surface area contributed by atoms with Gasteiger partial charge in [-0.15, -0.1) is 0 Å². The number of nitrogens with one attached hydrogen (secondary N) is 2. The first-order chi connectivity index (χ1) is 12.5. The monoisotopic (exact) mass is 373 g/mol. The van der Waals surface area contributed by atoms with E-state index in [1.165, 1.54) is 18.9 Å². The number of amidine groups is 1. The second-order valence-electron chi connectivity index (χ2n) is 6.55. The fourth-order valence-corrected chi connectivity index (χ4v) is 4.35. The van der Waals surface area contributed by atoms with Gasteiger partial charge in [-0.1, -0.05) is 12.1 Å². The SMILES string of the molecule is C[C@@H](C1CC1)n1nccc1NC(=O)CN=C1NS(=O)(=O)c2ccccc21. The zero-order valence-electron chi connectivity index (χ0n) is 14.2. The molecule has 1 amide bonds. The van der Waals surface area contributed by atoms with Gasteiger partial charge in [0.1, 0.15) is 18.2 Å². The summed E-state index contributed by atoms with van der Waals surface area (Å²) in [5.41, 5.74) is 0.479. The first kappa shape index (κ1) is 16.8. The lowest BCUT2D eigenvalue weighted by Gasteiger charge is -2.15. The van der Waals surface area contributed by atoms with Crippen molar-refractivity contribution in [2.75, 3.05) is 11.9 Å². The highest BCUT2D eigenvalue weighted by Crippen LogP contribution is 2.40. The van der Waals surface area contributed by atoms with Crippen molar-refractivity contribution >= 4 is 27.6 Å². The first-order valence-electron chi connectivity index (χ1n) is 8.46. The third-order valence-electron chi connectivity index (χ3n) is 4.67. The zero-order valence-corrected chi connectivity index (χ0v) is 15.0. The van der Waals surface area contributed by atoms with Crippen molar-refractivity contribution in [3.63, 3.8) is 0 Å². The minimum atomic E-state index is -3.60. The average Bonchev–Trinajstić information content (AvgIpc) is 3.31. The molecule has 26 heavy (non-hydrogen) atoms. The van der Waals surface area contributed by atoms with Gasteiger partial charge in [0.15, 0.2) is 0 Å². The molecule has 1 saturated carbocycles. The summed E-state index contributed by atoms with van der Waals surface area (Å²) < 4.78 is 28.3. The molecule has 1 aliphatic carbocycles. The first-order valence-corrected chi connectivity index (χ1v) is 9.94. The van der Waals surface area contributed by atoms with E-state index in [-0.39, 0.29) is 29.2 Å². The fourth-order valence-electron chi connectivity index (χ4n) is 3.10. The molecule has 0 radical (unpaired) electrons. The number of carbonyl (C=O) groups excluding carboxylic acids is 1. The van der Waals surface area contributed by atoms with E-state index in [1.807, 2.05) is 4.68 Å². The number of rotatable bonds is 5. The number of nitrogens with zero attached hydrogens (tertiary/aromatic N) is 3. The summed E-state index contributed by atoms with van der Waals surface area (Å²) in [6, 6.07) is 8.54. The van der Waals surface area contributed by atoms with Gasteiger partial charge in [0, 0.05) is 11.6 Å². The van der Waals surface area contributed by atoms with Gasteiger partial charge >= 0.3 is 0 Å². The third-order valence-corrected chi connectivity index (χ3v) is 6.07. The van der Waals surface area contributed by atoms with Crippen molar-refractivity contribution in [1.82, 2.24) is 14.5 Å². The van der Waals surface area contributed by atoms with Crippen LogP contribution in [0, 0.1) is 5.92 Å². The van der Waals surface area contributed by atoms with Crippen LogP contribution in [0.4, 0.5) is 5.82 Å². The maximum atomic E-state index is 12.3. The molecule has 2 N–H and O–H groups in total. The Labute approximate surface area is 151 Å². The Morgan fingerprint density at radius 1 is 1.38 bits per heavy atom. The molecule has 2 heterocycles. The Hall–Kier alpha value is -2.68. The van der Waals surface area contributed by atoms with Crippen molar-refractivity contribution in [3.05, 3.63) is 42.1 Å². The molecule has 136 valence electrons. The van der Waals surface area contributed by atoms with E-state index in [1.54, 1.807) is 30.5 Å². The van der Waals surface area contributed by atoms with Gasteiger partial charge in [0.25, 0.3) is 10.0 Å². The van der Waals surface area contributed by atoms with Crippen LogP contribution in [0.3, 0.4) is 0 Å². The van der Waals surface area contributed by atoms with Crippen molar-refractivity contribution in [2.24, 2.45) is 10.9 Å². The van der Waals surface area contributed by atoms with Crippen molar-refractivity contribution in [3.8, 4) is 0 Å². The van der Waals surface area contributed by atoms with Crippen molar-refractivity contribution < 1.29 is 13.2 Å². The summed E-state index contributed by atoms with van der Waals surface area (Å²) in [6.45, 7) is 1.90. The molecule has 1 atom stereocenters. The lowest BCUT2D eigenvalue weighted by molar-refractivity contribution is -0.114. The Morgan fingerprint density at radius 2 is 2.15 bits per heavy atom. The smallest absolute Gasteiger partial charge is 0.263 e. The maximum absolute atomic E-state index is 12.3. The highest BCUT2D eigenvalue weighted by molar-refractivity contribution is 7.90. The summed E-state index contributed by atoms with van der Waals surface area (Å²) in [6.07, 6.45) is 4.02. The third kappa shape index (κ3) is 3.10. The number of sulfonamides is 1. The molecule has 4 rings (SSSR count). The molecule has 0 saturated heterocycles. The second-order valence-corrected chi connectivity index (χ2v) is 8.20. The normalized spacial score (nSPS) is 20.4. The molecule has 0 bridgehead atoms. The number of benzene rings is 1. The molecule has 1 aromatic heterocycles. The Balaban J connectivity index is 1.47. The number of carbonyl (C=O) groups is 1. The lowest BCUT2D eigenvalue weighted by Crippen LogP contribution is -2.25. The fraction of sp³-hybridized carbons (Fsp3) is 0.353. The van der Waals surface area contributed by atoms with E-state index in [9.17, 15) is 13.2 Å². The van der Waals surface area contributed by atoms with Gasteiger partial charge in [0.05, 0.1) is 17.1 Å². The Morgan fingerprint density at radius 3 is 2.92 bits per heavy atom. The average molecular weight is 373 g/mol. The van der Waals surface area contributed by atoms with Crippen molar-refractivity contribution in [1.29, 1.82) is 0 Å². The molecule has 9 heteroatoms. The number of hydrogen-bond acceptors (Lipinski definition) is 5. The van der Waals surface area contributed by atoms with Crippen molar-refractivity contribution in [2.45, 2.75) is 30.7 Å². The Bertz CT molecular complexity index is 991. The van der Waals surface area contributed by atoms with Gasteiger partial charge in [0.2, 0.25) is 5.91 Å². The highest BCUT2D eigenvalue weighted by atomic mass is 32.2. The number of hydrogen-bond donors (Lipinski definition) is 2. The maximum Gasteiger partial charge on any atom is 0.263 e. The molecule has 1 fully saturated rings. The molecule has 0 spiro atoms. The van der Waals surface area contributed by atoms with E-state index < -0.39 is 10.0 Å². The summed E-state index contributed by atoms with van der Waals surface area (Å²) >= 11 is 0. The topological polar surface area (TPSA) is 105 Å². The van der Waals surface area contributed by atoms with Crippen LogP contribution in [0.2, 0.25) is 0 Å². The molecule has 1 aromatic carbocycles. The largest absolute Gasteiger partial charge is 0.309 e. The number of amides is 1. The molecular formula is C17H19N5O3S. The van der Waals surface area contributed by atoms with Gasteiger partial charge in [-0.2, -0.15) is 5.10 Å². The van der Waals surface area contributed by atoms with E-state index in [0.717, 1.165) is 0 Å². The minimum absolute atomic E-state index is 0.176. The van der Waals surface area contributed by atoms with Gasteiger partial charge < -0.3 is 5.32 Å². The highest BCUT2D eigenvalue weighted by Gasteiger charge is 2.31. The predicted molar refractivity (Wildman–Crippen MR) is 96.5 cm³/mol. The second kappa shape index (κ2) is 6.24.